The first-order chi connectivity index (χ1) is 13.3. The molecule has 2 unspecified atom stereocenters. The van der Waals surface area contributed by atoms with E-state index in [9.17, 15) is 18.6 Å². The van der Waals surface area contributed by atoms with E-state index in [0.29, 0.717) is 44.3 Å². The summed E-state index contributed by atoms with van der Waals surface area (Å²) in [7, 11) is -3.99. The summed E-state index contributed by atoms with van der Waals surface area (Å²) in [5.74, 6) is 0.386. The van der Waals surface area contributed by atoms with Gasteiger partial charge in [-0.2, -0.15) is 8.42 Å². The zero-order chi connectivity index (χ0) is 22.6. The Labute approximate surface area is 180 Å². The van der Waals surface area contributed by atoms with Crippen LogP contribution in [-0.2, 0) is 19.5 Å². The number of hydrogen-bond acceptors (Lipinski definition) is 8. The quantitative estimate of drug-likeness (QED) is 0.0779. The van der Waals surface area contributed by atoms with Crippen LogP contribution in [0.2, 0.25) is 0 Å². The molecule has 0 aliphatic rings. The van der Waals surface area contributed by atoms with E-state index in [0.717, 1.165) is 31.3 Å². The first kappa shape index (κ1) is 29.1. The Hall–Kier alpha value is 0.0600. The van der Waals surface area contributed by atoms with Crippen molar-refractivity contribution in [2.75, 3.05) is 11.5 Å². The van der Waals surface area contributed by atoms with Gasteiger partial charge < -0.3 is 10.2 Å². The van der Waals surface area contributed by atoms with Crippen LogP contribution in [0.3, 0.4) is 0 Å². The highest BCUT2D eigenvalue weighted by molar-refractivity contribution is 7.94. The van der Waals surface area contributed by atoms with Gasteiger partial charge in [-0.1, -0.05) is 45.6 Å². The number of aliphatic hydroxyl groups is 2. The molecule has 2 atom stereocenters. The van der Waals surface area contributed by atoms with E-state index in [1.807, 2.05) is 0 Å². The van der Waals surface area contributed by atoms with Gasteiger partial charge in [-0.25, -0.2) is 5.26 Å². The summed E-state index contributed by atoms with van der Waals surface area (Å²) in [4.78, 5) is 0. The molecule has 4 N–H and O–H groups in total. The lowest BCUT2D eigenvalue weighted by Gasteiger charge is -2.24. The van der Waals surface area contributed by atoms with Gasteiger partial charge >= 0.3 is 0 Å². The second kappa shape index (κ2) is 14.2. The fourth-order valence-electron chi connectivity index (χ4n) is 3.35. The molecule has 0 aromatic heterocycles. The minimum absolute atomic E-state index is 0.00223. The van der Waals surface area contributed by atoms with Crippen LogP contribution < -0.4 is 0 Å². The standard InChI is InChI=1S/C19H40O8S2/c1-18(2,14-28-27-26-22)12-6-10-16(20)8-5-9-17(21)11-7-13-19(3,4)15-29(23,24)25/h16-17,20-22H,5-15H2,1-4H3,(H,23,24,25). The second-order valence-electron chi connectivity index (χ2n) is 9.48. The minimum Gasteiger partial charge on any atom is -0.393 e. The zero-order valence-electron chi connectivity index (χ0n) is 18.2. The van der Waals surface area contributed by atoms with E-state index in [1.54, 1.807) is 13.8 Å². The van der Waals surface area contributed by atoms with Gasteiger partial charge in [0, 0.05) is 17.8 Å². The highest BCUT2D eigenvalue weighted by atomic mass is 32.2. The SMILES string of the molecule is CC(C)(CCCC(O)CCCC(O)CCCC(C)(C)CS(=O)(=O)O)CSOOO. The average Bonchev–Trinajstić information content (AvgIpc) is 2.52. The summed E-state index contributed by atoms with van der Waals surface area (Å²) in [5, 5.41) is 31.9. The van der Waals surface area contributed by atoms with Crippen molar-refractivity contribution in [2.24, 2.45) is 10.8 Å². The van der Waals surface area contributed by atoms with Crippen LogP contribution in [0.5, 0.6) is 0 Å². The fraction of sp³-hybridized carbons (Fsp3) is 1.00. The molecule has 0 radical (unpaired) electrons. The molecule has 10 heteroatoms. The summed E-state index contributed by atoms with van der Waals surface area (Å²) in [6.45, 7) is 7.75. The molecule has 176 valence electrons. The molecule has 0 heterocycles. The van der Waals surface area contributed by atoms with Crippen molar-refractivity contribution in [1.82, 2.24) is 0 Å². The van der Waals surface area contributed by atoms with Crippen molar-refractivity contribution in [2.45, 2.75) is 97.7 Å². The van der Waals surface area contributed by atoms with E-state index in [2.05, 4.69) is 23.2 Å². The van der Waals surface area contributed by atoms with Crippen LogP contribution in [-0.4, -0.2) is 52.2 Å². The van der Waals surface area contributed by atoms with E-state index in [1.165, 1.54) is 0 Å². The number of aliphatic hydroxyl groups excluding tert-OH is 2. The molecular weight excluding hydrogens is 420 g/mol. The Bertz CT molecular complexity index is 522. The lowest BCUT2D eigenvalue weighted by Crippen LogP contribution is -2.24. The molecule has 29 heavy (non-hydrogen) atoms. The average molecular weight is 461 g/mol. The number of rotatable bonds is 18. The molecule has 0 rings (SSSR count). The van der Waals surface area contributed by atoms with Crippen molar-refractivity contribution in [1.29, 1.82) is 0 Å². The monoisotopic (exact) mass is 460 g/mol. The maximum atomic E-state index is 11.0. The second-order valence-corrected chi connectivity index (χ2v) is 11.6. The molecule has 0 spiro atoms. The predicted octanol–water partition coefficient (Wildman–Crippen LogP) is 4.23. The van der Waals surface area contributed by atoms with Crippen LogP contribution in [0.1, 0.15) is 85.5 Å². The molecule has 0 amide bonds. The van der Waals surface area contributed by atoms with Crippen LogP contribution in [0.25, 0.3) is 0 Å². The van der Waals surface area contributed by atoms with Crippen LogP contribution in [0.4, 0.5) is 0 Å². The maximum Gasteiger partial charge on any atom is 0.265 e. The van der Waals surface area contributed by atoms with Crippen LogP contribution in [0.15, 0.2) is 0 Å². The molecule has 0 aromatic carbocycles. The van der Waals surface area contributed by atoms with Crippen LogP contribution >= 0.6 is 12.0 Å². The van der Waals surface area contributed by atoms with Crippen molar-refractivity contribution in [3.63, 3.8) is 0 Å². The topological polar surface area (TPSA) is 134 Å². The molecular formula is C19H40O8S2. The van der Waals surface area contributed by atoms with Gasteiger partial charge in [-0.05, 0) is 55.8 Å². The van der Waals surface area contributed by atoms with Crippen molar-refractivity contribution in [3.8, 4) is 0 Å². The molecule has 0 aromatic rings. The molecule has 0 saturated heterocycles. The van der Waals surface area contributed by atoms with Crippen molar-refractivity contribution < 1.29 is 37.8 Å². The molecule has 0 bridgehead atoms. The van der Waals surface area contributed by atoms with Gasteiger partial charge in [0.1, 0.15) is 0 Å². The Morgan fingerprint density at radius 2 is 1.31 bits per heavy atom. The summed E-state index contributed by atoms with van der Waals surface area (Å²) in [6, 6.07) is 0. The van der Waals surface area contributed by atoms with Gasteiger partial charge in [0.05, 0.1) is 18.0 Å². The van der Waals surface area contributed by atoms with Gasteiger partial charge in [0.25, 0.3) is 10.1 Å². The fourth-order valence-corrected chi connectivity index (χ4v) is 5.04. The Kier molecular flexibility index (Phi) is 14.2. The van der Waals surface area contributed by atoms with E-state index < -0.39 is 27.7 Å². The third-order valence-corrected chi connectivity index (χ3v) is 7.16. The predicted molar refractivity (Wildman–Crippen MR) is 115 cm³/mol. The van der Waals surface area contributed by atoms with E-state index >= 15 is 0 Å². The summed E-state index contributed by atoms with van der Waals surface area (Å²) in [5.41, 5.74) is -0.519. The van der Waals surface area contributed by atoms with Crippen LogP contribution in [0, 0.1) is 10.8 Å². The third kappa shape index (κ3) is 18.5. The van der Waals surface area contributed by atoms with E-state index in [-0.39, 0.29) is 11.2 Å². The molecule has 0 fully saturated rings. The van der Waals surface area contributed by atoms with Gasteiger partial charge in [0.2, 0.25) is 0 Å². The molecule has 0 saturated carbocycles. The normalized spacial score (nSPS) is 15.4. The summed E-state index contributed by atoms with van der Waals surface area (Å²) >= 11 is 1.04. The van der Waals surface area contributed by atoms with Gasteiger partial charge in [0.15, 0.2) is 0 Å². The van der Waals surface area contributed by atoms with Gasteiger partial charge in [-0.3, -0.25) is 4.55 Å². The Balaban J connectivity index is 3.86. The summed E-state index contributed by atoms with van der Waals surface area (Å²) < 4.78 is 35.4. The van der Waals surface area contributed by atoms with Crippen molar-refractivity contribution >= 4 is 22.2 Å². The first-order valence-corrected chi connectivity index (χ1v) is 12.7. The maximum absolute atomic E-state index is 11.0. The largest absolute Gasteiger partial charge is 0.393 e. The highest BCUT2D eigenvalue weighted by Gasteiger charge is 2.24. The lowest BCUT2D eigenvalue weighted by atomic mass is 9.88. The Morgan fingerprint density at radius 1 is 0.862 bits per heavy atom. The molecule has 8 nitrogen and oxygen atoms in total. The third-order valence-electron chi connectivity index (χ3n) is 4.96. The lowest BCUT2D eigenvalue weighted by molar-refractivity contribution is -0.432. The molecule has 0 aliphatic heterocycles. The summed E-state index contributed by atoms with van der Waals surface area (Å²) in [6.07, 6.45) is 5.48. The van der Waals surface area contributed by atoms with Crippen molar-refractivity contribution in [3.05, 3.63) is 0 Å². The zero-order valence-corrected chi connectivity index (χ0v) is 19.8. The Morgan fingerprint density at radius 3 is 1.76 bits per heavy atom. The highest BCUT2D eigenvalue weighted by Crippen LogP contribution is 2.29. The number of hydrogen-bond donors (Lipinski definition) is 4. The first-order valence-electron chi connectivity index (χ1n) is 10.2. The van der Waals surface area contributed by atoms with E-state index in [4.69, 9.17) is 9.81 Å². The van der Waals surface area contributed by atoms with Gasteiger partial charge in [-0.15, -0.1) is 4.33 Å². The smallest absolute Gasteiger partial charge is 0.265 e. The molecule has 0 aliphatic carbocycles. The minimum atomic E-state index is -3.99.